The highest BCUT2D eigenvalue weighted by Crippen LogP contribution is 2.61. The molecule has 5 atom stereocenters. The van der Waals surface area contributed by atoms with Crippen molar-refractivity contribution in [1.82, 2.24) is 0 Å². The molecule has 172 valence electrons. The number of hydrogen-bond acceptors (Lipinski definition) is 6. The Labute approximate surface area is 188 Å². The van der Waals surface area contributed by atoms with Crippen LogP contribution in [0.1, 0.15) is 47.0 Å². The normalized spacial score (nSPS) is 31.7. The Balaban J connectivity index is 1.63. The molecule has 2 aliphatic rings. The van der Waals surface area contributed by atoms with E-state index in [1.54, 1.807) is 12.1 Å². The molecule has 0 unspecified atom stereocenters. The first-order valence-corrected chi connectivity index (χ1v) is 11.2. The van der Waals surface area contributed by atoms with Gasteiger partial charge in [-0.3, -0.25) is 4.79 Å². The van der Waals surface area contributed by atoms with E-state index >= 15 is 0 Å². The lowest BCUT2D eigenvalue weighted by molar-refractivity contribution is -0.191. The molecular weight excluding hydrogens is 408 g/mol. The maximum atomic E-state index is 11.8. The third kappa shape index (κ3) is 3.85. The van der Waals surface area contributed by atoms with Crippen molar-refractivity contribution in [3.8, 4) is 5.75 Å². The van der Waals surface area contributed by atoms with Crippen LogP contribution in [0.5, 0.6) is 5.75 Å². The molecule has 0 amide bonds. The fourth-order valence-electron chi connectivity index (χ4n) is 6.25. The molecule has 0 saturated heterocycles. The molecular formula is C26H32O6. The molecule has 1 aromatic carbocycles. The highest BCUT2D eigenvalue weighted by atomic mass is 16.5. The average molecular weight is 441 g/mol. The number of ether oxygens (including phenoxy) is 2. The van der Waals surface area contributed by atoms with Crippen LogP contribution in [0.15, 0.2) is 51.7 Å². The smallest absolute Gasteiger partial charge is 0.336 e. The van der Waals surface area contributed by atoms with Gasteiger partial charge in [0, 0.05) is 42.7 Å². The minimum atomic E-state index is -0.463. The summed E-state index contributed by atoms with van der Waals surface area (Å²) in [6, 6.07) is 8.59. The van der Waals surface area contributed by atoms with E-state index in [0.29, 0.717) is 30.8 Å². The highest BCUT2D eigenvalue weighted by molar-refractivity contribution is 5.77. The Morgan fingerprint density at radius 2 is 1.97 bits per heavy atom. The van der Waals surface area contributed by atoms with Gasteiger partial charge in [-0.1, -0.05) is 32.9 Å². The van der Waals surface area contributed by atoms with Gasteiger partial charge in [-0.25, -0.2) is 4.79 Å². The van der Waals surface area contributed by atoms with Gasteiger partial charge in [0.1, 0.15) is 17.4 Å². The predicted octanol–water partition coefficient (Wildman–Crippen LogP) is 4.48. The first-order chi connectivity index (χ1) is 15.0. The summed E-state index contributed by atoms with van der Waals surface area (Å²) < 4.78 is 17.2. The SMILES string of the molecule is C=C1C[C@@H](OC(C)=O)[C@H]2C(C)(C)[C@@H](O)CC[C@]2(C)[C@H]1COc1ccc2ccc(=O)oc2c1. The lowest BCUT2D eigenvalue weighted by Gasteiger charge is -2.61. The summed E-state index contributed by atoms with van der Waals surface area (Å²) in [4.78, 5) is 23.4. The topological polar surface area (TPSA) is 86.0 Å². The third-order valence-electron chi connectivity index (χ3n) is 7.78. The molecule has 2 saturated carbocycles. The van der Waals surface area contributed by atoms with E-state index in [9.17, 15) is 14.7 Å². The van der Waals surface area contributed by atoms with Crippen molar-refractivity contribution in [3.05, 3.63) is 52.9 Å². The minimum Gasteiger partial charge on any atom is -0.493 e. The van der Waals surface area contributed by atoms with Crippen LogP contribution in [-0.2, 0) is 9.53 Å². The first-order valence-electron chi connectivity index (χ1n) is 11.2. The van der Waals surface area contributed by atoms with Gasteiger partial charge in [0.2, 0.25) is 0 Å². The van der Waals surface area contributed by atoms with Crippen molar-refractivity contribution < 1.29 is 23.8 Å². The number of esters is 1. The molecule has 4 rings (SSSR count). The van der Waals surface area contributed by atoms with Crippen molar-refractivity contribution in [3.63, 3.8) is 0 Å². The molecule has 32 heavy (non-hydrogen) atoms. The second-order valence-electron chi connectivity index (χ2n) is 10.2. The van der Waals surface area contributed by atoms with Crippen LogP contribution >= 0.6 is 0 Å². The molecule has 1 aromatic heterocycles. The van der Waals surface area contributed by atoms with Gasteiger partial charge in [0.15, 0.2) is 0 Å². The molecule has 6 heteroatoms. The summed E-state index contributed by atoms with van der Waals surface area (Å²) in [5.74, 6) is 0.311. The molecule has 2 aliphatic carbocycles. The quantitative estimate of drug-likeness (QED) is 0.429. The number of fused-ring (bicyclic) bond motifs is 2. The number of benzene rings is 1. The fraction of sp³-hybridized carbons (Fsp3) is 0.538. The summed E-state index contributed by atoms with van der Waals surface area (Å²) in [5.41, 5.74) is 0.415. The molecule has 2 fully saturated rings. The Hall–Kier alpha value is -2.60. The van der Waals surface area contributed by atoms with Crippen LogP contribution in [-0.4, -0.2) is 29.9 Å². The molecule has 1 N–H and O–H groups in total. The summed E-state index contributed by atoms with van der Waals surface area (Å²) >= 11 is 0. The van der Waals surface area contributed by atoms with Crippen LogP contribution in [0.4, 0.5) is 0 Å². The van der Waals surface area contributed by atoms with E-state index in [1.165, 1.54) is 13.0 Å². The zero-order valence-electron chi connectivity index (χ0n) is 19.2. The van der Waals surface area contributed by atoms with E-state index in [-0.39, 0.29) is 29.3 Å². The van der Waals surface area contributed by atoms with Crippen LogP contribution in [0.25, 0.3) is 11.0 Å². The number of carbonyl (C=O) groups excluding carboxylic acids is 1. The summed E-state index contributed by atoms with van der Waals surface area (Å²) in [5, 5.41) is 11.6. The van der Waals surface area contributed by atoms with E-state index in [4.69, 9.17) is 13.9 Å². The van der Waals surface area contributed by atoms with Crippen molar-refractivity contribution in [2.45, 2.75) is 59.2 Å². The van der Waals surface area contributed by atoms with Gasteiger partial charge in [-0.15, -0.1) is 0 Å². The number of aliphatic hydroxyl groups is 1. The monoisotopic (exact) mass is 440 g/mol. The Morgan fingerprint density at radius 3 is 2.69 bits per heavy atom. The van der Waals surface area contributed by atoms with Gasteiger partial charge < -0.3 is 19.0 Å². The average Bonchev–Trinajstić information content (AvgIpc) is 2.69. The van der Waals surface area contributed by atoms with Crippen LogP contribution in [0.3, 0.4) is 0 Å². The van der Waals surface area contributed by atoms with Crippen LogP contribution < -0.4 is 10.4 Å². The molecule has 0 spiro atoms. The molecule has 6 nitrogen and oxygen atoms in total. The maximum absolute atomic E-state index is 11.8. The summed E-state index contributed by atoms with van der Waals surface area (Å²) in [7, 11) is 0. The van der Waals surface area contributed by atoms with Crippen molar-refractivity contribution in [1.29, 1.82) is 0 Å². The van der Waals surface area contributed by atoms with Gasteiger partial charge in [-0.2, -0.15) is 0 Å². The van der Waals surface area contributed by atoms with Gasteiger partial charge in [0.05, 0.1) is 12.7 Å². The molecule has 0 bridgehead atoms. The molecule has 1 heterocycles. The Bertz CT molecular complexity index is 1100. The van der Waals surface area contributed by atoms with E-state index in [1.807, 2.05) is 12.1 Å². The number of carbonyl (C=O) groups is 1. The summed E-state index contributed by atoms with van der Waals surface area (Å²) in [6.07, 6.45) is 1.24. The standard InChI is InChI=1S/C26H32O6/c1-15-12-21(31-16(2)27)24-25(3,4)22(28)10-11-26(24,5)19(15)14-30-18-8-6-17-7-9-23(29)32-20(17)13-18/h6-9,13,19,21-22,24,28H,1,10-12,14H2,2-5H3/t19-,21+,22-,24-,26+/m0/s1. The van der Waals surface area contributed by atoms with E-state index < -0.39 is 17.1 Å². The number of hydrogen-bond donors (Lipinski definition) is 1. The van der Waals surface area contributed by atoms with Crippen molar-refractivity contribution in [2.24, 2.45) is 22.7 Å². The zero-order valence-corrected chi connectivity index (χ0v) is 19.2. The minimum absolute atomic E-state index is 0.0311. The number of rotatable bonds is 4. The first kappa shape index (κ1) is 22.6. The second kappa shape index (κ2) is 8.07. The Morgan fingerprint density at radius 1 is 1.25 bits per heavy atom. The van der Waals surface area contributed by atoms with Crippen molar-refractivity contribution in [2.75, 3.05) is 6.61 Å². The predicted molar refractivity (Wildman–Crippen MR) is 121 cm³/mol. The third-order valence-corrected chi connectivity index (χ3v) is 7.78. The van der Waals surface area contributed by atoms with Gasteiger partial charge in [0.25, 0.3) is 0 Å². The molecule has 0 radical (unpaired) electrons. The zero-order chi connectivity index (χ0) is 23.3. The summed E-state index contributed by atoms with van der Waals surface area (Å²) in [6.45, 7) is 12.5. The lowest BCUT2D eigenvalue weighted by atomic mass is 9.46. The molecule has 0 aliphatic heterocycles. The second-order valence-corrected chi connectivity index (χ2v) is 10.2. The Kier molecular flexibility index (Phi) is 5.70. The van der Waals surface area contributed by atoms with Crippen LogP contribution in [0, 0.1) is 22.7 Å². The van der Waals surface area contributed by atoms with E-state index in [0.717, 1.165) is 17.4 Å². The van der Waals surface area contributed by atoms with Crippen molar-refractivity contribution >= 4 is 16.9 Å². The molecule has 2 aromatic rings. The maximum Gasteiger partial charge on any atom is 0.336 e. The number of aliphatic hydroxyl groups excluding tert-OH is 1. The van der Waals surface area contributed by atoms with Crippen LogP contribution in [0.2, 0.25) is 0 Å². The highest BCUT2D eigenvalue weighted by Gasteiger charge is 2.60. The fourth-order valence-corrected chi connectivity index (χ4v) is 6.25. The van der Waals surface area contributed by atoms with E-state index in [2.05, 4.69) is 27.4 Å². The van der Waals surface area contributed by atoms with Gasteiger partial charge >= 0.3 is 11.6 Å². The largest absolute Gasteiger partial charge is 0.493 e. The lowest BCUT2D eigenvalue weighted by Crippen LogP contribution is -2.61. The van der Waals surface area contributed by atoms with Gasteiger partial charge in [-0.05, 0) is 41.9 Å².